The molecule has 1 heterocycles. The third kappa shape index (κ3) is 1.94. The molecule has 0 fully saturated rings. The molecule has 0 radical (unpaired) electrons. The molecule has 15 heavy (non-hydrogen) atoms. The number of hydrogen-bond donors (Lipinski definition) is 0. The fourth-order valence-electron chi connectivity index (χ4n) is 1.17. The van der Waals surface area contributed by atoms with E-state index in [1.54, 1.807) is 6.26 Å². The molecule has 1 aromatic heterocycles. The maximum atomic E-state index is 12.3. The number of thioether (sulfide) groups is 1. The fourth-order valence-corrected chi connectivity index (χ4v) is 1.53. The molecule has 0 aliphatic heterocycles. The van der Waals surface area contributed by atoms with E-state index in [4.69, 9.17) is 4.42 Å². The van der Waals surface area contributed by atoms with E-state index in [0.717, 1.165) is 12.1 Å². The van der Waals surface area contributed by atoms with E-state index >= 15 is 0 Å². The smallest absolute Gasteiger partial charge is 0.416 e. The first kappa shape index (κ1) is 10.4. The zero-order valence-corrected chi connectivity index (χ0v) is 8.45. The molecule has 6 heteroatoms. The van der Waals surface area contributed by atoms with Crippen LogP contribution in [0.15, 0.2) is 27.8 Å². The summed E-state index contributed by atoms with van der Waals surface area (Å²) in [5, 5.41) is 0.365. The number of oxazole rings is 1. The number of aromatic nitrogens is 1. The Morgan fingerprint density at radius 3 is 2.67 bits per heavy atom. The molecule has 0 bridgehead atoms. The average Bonchev–Trinajstić information content (AvgIpc) is 2.57. The average molecular weight is 233 g/mol. The summed E-state index contributed by atoms with van der Waals surface area (Å²) in [5.41, 5.74) is -0.125. The van der Waals surface area contributed by atoms with Gasteiger partial charge >= 0.3 is 6.18 Å². The van der Waals surface area contributed by atoms with Crippen LogP contribution in [0, 0.1) is 0 Å². The summed E-state index contributed by atoms with van der Waals surface area (Å²) in [5.74, 6) is 0. The molecule has 0 saturated carbocycles. The monoisotopic (exact) mass is 233 g/mol. The van der Waals surface area contributed by atoms with Crippen LogP contribution in [0.5, 0.6) is 0 Å². The molecule has 0 spiro atoms. The van der Waals surface area contributed by atoms with Gasteiger partial charge in [-0.05, 0) is 24.5 Å². The van der Waals surface area contributed by atoms with E-state index in [-0.39, 0.29) is 5.58 Å². The van der Waals surface area contributed by atoms with Gasteiger partial charge < -0.3 is 4.42 Å². The molecule has 0 amide bonds. The number of nitrogens with zero attached hydrogens (tertiary/aromatic N) is 1. The summed E-state index contributed by atoms with van der Waals surface area (Å²) in [7, 11) is 0. The second-order valence-electron chi connectivity index (χ2n) is 2.86. The predicted molar refractivity (Wildman–Crippen MR) is 50.8 cm³/mol. The Hall–Kier alpha value is -1.17. The van der Waals surface area contributed by atoms with Crippen molar-refractivity contribution in [1.82, 2.24) is 4.98 Å². The van der Waals surface area contributed by atoms with Gasteiger partial charge in [0.2, 0.25) is 0 Å². The van der Waals surface area contributed by atoms with E-state index in [1.807, 2.05) is 0 Å². The maximum absolute atomic E-state index is 12.3. The lowest BCUT2D eigenvalue weighted by atomic mass is 10.2. The second kappa shape index (κ2) is 3.44. The topological polar surface area (TPSA) is 26.0 Å². The summed E-state index contributed by atoms with van der Waals surface area (Å²) >= 11 is 1.25. The minimum Gasteiger partial charge on any atom is -0.431 e. The van der Waals surface area contributed by atoms with Crippen molar-refractivity contribution in [3.63, 3.8) is 0 Å². The largest absolute Gasteiger partial charge is 0.431 e. The van der Waals surface area contributed by atoms with Crippen LogP contribution in [0.2, 0.25) is 0 Å². The first-order valence-electron chi connectivity index (χ1n) is 4.02. The third-order valence-corrected chi connectivity index (χ3v) is 2.39. The summed E-state index contributed by atoms with van der Waals surface area (Å²) < 4.78 is 42.1. The van der Waals surface area contributed by atoms with Crippen molar-refractivity contribution in [3.8, 4) is 0 Å². The van der Waals surface area contributed by atoms with Crippen molar-refractivity contribution in [3.05, 3.63) is 23.8 Å². The highest BCUT2D eigenvalue weighted by Gasteiger charge is 2.31. The van der Waals surface area contributed by atoms with Crippen LogP contribution in [0.4, 0.5) is 13.2 Å². The number of alkyl halides is 3. The lowest BCUT2D eigenvalue weighted by Gasteiger charge is -2.04. The molecule has 0 saturated heterocycles. The molecule has 0 aliphatic rings. The number of hydrogen-bond acceptors (Lipinski definition) is 3. The summed E-state index contributed by atoms with van der Waals surface area (Å²) in [4.78, 5) is 3.98. The van der Waals surface area contributed by atoms with Gasteiger partial charge in [-0.2, -0.15) is 13.2 Å². The van der Waals surface area contributed by atoms with Gasteiger partial charge in [-0.1, -0.05) is 11.8 Å². The zero-order chi connectivity index (χ0) is 11.1. The van der Waals surface area contributed by atoms with Crippen molar-refractivity contribution in [2.45, 2.75) is 11.4 Å². The normalized spacial score (nSPS) is 12.3. The number of rotatable bonds is 1. The molecule has 0 atom stereocenters. The van der Waals surface area contributed by atoms with E-state index in [0.29, 0.717) is 10.7 Å². The van der Waals surface area contributed by atoms with Crippen molar-refractivity contribution in [2.75, 3.05) is 6.26 Å². The van der Waals surface area contributed by atoms with Gasteiger partial charge in [0, 0.05) is 0 Å². The second-order valence-corrected chi connectivity index (χ2v) is 3.62. The van der Waals surface area contributed by atoms with Gasteiger partial charge in [0.15, 0.2) is 5.58 Å². The van der Waals surface area contributed by atoms with Crippen LogP contribution < -0.4 is 0 Å². The molecule has 80 valence electrons. The lowest BCUT2D eigenvalue weighted by molar-refractivity contribution is -0.137. The molecular formula is C9H6F3NOS. The van der Waals surface area contributed by atoms with E-state index in [9.17, 15) is 13.2 Å². The summed E-state index contributed by atoms with van der Waals surface area (Å²) in [6.07, 6.45) is -2.60. The number of fused-ring (bicyclic) bond motifs is 1. The molecule has 2 rings (SSSR count). The molecule has 2 nitrogen and oxygen atoms in total. The Kier molecular flexibility index (Phi) is 2.38. The Balaban J connectivity index is 2.55. The van der Waals surface area contributed by atoms with Crippen molar-refractivity contribution in [1.29, 1.82) is 0 Å². The quantitative estimate of drug-likeness (QED) is 0.704. The molecule has 1 aromatic carbocycles. The summed E-state index contributed by atoms with van der Waals surface area (Å²) in [6.45, 7) is 0. The number of halogens is 3. The molecule has 0 N–H and O–H groups in total. The lowest BCUT2D eigenvalue weighted by Crippen LogP contribution is -2.03. The number of benzene rings is 1. The van der Waals surface area contributed by atoms with Gasteiger partial charge in [0.25, 0.3) is 5.22 Å². The van der Waals surface area contributed by atoms with Gasteiger partial charge in [-0.25, -0.2) is 4.98 Å². The Labute approximate surface area is 87.5 Å². The highest BCUT2D eigenvalue weighted by molar-refractivity contribution is 7.98. The van der Waals surface area contributed by atoms with E-state index in [1.165, 1.54) is 17.8 Å². The molecule has 2 aromatic rings. The van der Waals surface area contributed by atoms with Crippen LogP contribution in [0.25, 0.3) is 11.1 Å². The van der Waals surface area contributed by atoms with Crippen LogP contribution >= 0.6 is 11.8 Å². The van der Waals surface area contributed by atoms with Gasteiger partial charge in [0.1, 0.15) is 5.52 Å². The third-order valence-electron chi connectivity index (χ3n) is 1.87. The minimum absolute atomic E-state index is 0.161. The van der Waals surface area contributed by atoms with Gasteiger partial charge in [0.05, 0.1) is 5.56 Å². The maximum Gasteiger partial charge on any atom is 0.416 e. The van der Waals surface area contributed by atoms with Gasteiger partial charge in [-0.3, -0.25) is 0 Å². The molecule has 0 aliphatic carbocycles. The summed E-state index contributed by atoms with van der Waals surface area (Å²) in [6, 6.07) is 3.26. The Morgan fingerprint density at radius 2 is 2.07 bits per heavy atom. The predicted octanol–water partition coefficient (Wildman–Crippen LogP) is 3.57. The zero-order valence-electron chi connectivity index (χ0n) is 7.63. The molecule has 0 unspecified atom stereocenters. The first-order chi connectivity index (χ1) is 7.00. The van der Waals surface area contributed by atoms with Crippen molar-refractivity contribution in [2.24, 2.45) is 0 Å². The van der Waals surface area contributed by atoms with Crippen LogP contribution in [0.1, 0.15) is 5.56 Å². The minimum atomic E-state index is -4.35. The standard InChI is InChI=1S/C9H6F3NOS/c1-15-8-13-6-3-2-5(9(10,11)12)4-7(6)14-8/h2-4H,1H3. The first-order valence-corrected chi connectivity index (χ1v) is 5.25. The fraction of sp³-hybridized carbons (Fsp3) is 0.222. The van der Waals surface area contributed by atoms with Gasteiger partial charge in [-0.15, -0.1) is 0 Å². The SMILES string of the molecule is CSc1nc2ccc(C(F)(F)F)cc2o1. The highest BCUT2D eigenvalue weighted by atomic mass is 32.2. The Bertz CT molecular complexity index is 492. The Morgan fingerprint density at radius 1 is 1.33 bits per heavy atom. The van der Waals surface area contributed by atoms with Crippen molar-refractivity contribution < 1.29 is 17.6 Å². The van der Waals surface area contributed by atoms with Crippen LogP contribution in [-0.2, 0) is 6.18 Å². The van der Waals surface area contributed by atoms with Crippen LogP contribution in [-0.4, -0.2) is 11.2 Å². The van der Waals surface area contributed by atoms with Crippen LogP contribution in [0.3, 0.4) is 0 Å². The highest BCUT2D eigenvalue weighted by Crippen LogP contribution is 2.32. The van der Waals surface area contributed by atoms with Crippen molar-refractivity contribution >= 4 is 22.9 Å². The van der Waals surface area contributed by atoms with E-state index < -0.39 is 11.7 Å². The van der Waals surface area contributed by atoms with E-state index in [2.05, 4.69) is 4.98 Å². The molecular weight excluding hydrogens is 227 g/mol.